The minimum absolute atomic E-state index is 0.822. The molecule has 0 unspecified atom stereocenters. The van der Waals surface area contributed by atoms with Crippen LogP contribution in [-0.2, 0) is 13.0 Å². The van der Waals surface area contributed by atoms with E-state index in [1.807, 2.05) is 23.1 Å². The van der Waals surface area contributed by atoms with E-state index in [1.54, 1.807) is 0 Å². The lowest BCUT2D eigenvalue weighted by Crippen LogP contribution is -1.99. The lowest BCUT2D eigenvalue weighted by Gasteiger charge is -2.03. The second kappa shape index (κ2) is 8.14. The van der Waals surface area contributed by atoms with Crippen LogP contribution in [0.3, 0.4) is 0 Å². The van der Waals surface area contributed by atoms with E-state index in [4.69, 9.17) is 0 Å². The highest BCUT2D eigenvalue weighted by atomic mass is 15.3. The molecule has 0 saturated carbocycles. The van der Waals surface area contributed by atoms with Gasteiger partial charge in [-0.2, -0.15) is 5.10 Å². The van der Waals surface area contributed by atoms with Crippen LogP contribution in [0, 0.1) is 0 Å². The van der Waals surface area contributed by atoms with E-state index < -0.39 is 0 Å². The molecule has 0 spiro atoms. The van der Waals surface area contributed by atoms with Crippen molar-refractivity contribution in [2.24, 2.45) is 0 Å². The summed E-state index contributed by atoms with van der Waals surface area (Å²) in [5.41, 5.74) is 3.96. The molecule has 0 aliphatic heterocycles. The Kier molecular flexibility index (Phi) is 5.41. The van der Waals surface area contributed by atoms with Crippen LogP contribution in [0.1, 0.15) is 29.5 Å². The molecule has 2 heteroatoms. The molecule has 3 rings (SSSR count). The van der Waals surface area contributed by atoms with Crippen molar-refractivity contribution in [1.29, 1.82) is 0 Å². The molecule has 2 nitrogen and oxygen atoms in total. The molecule has 0 N–H and O–H groups in total. The van der Waals surface area contributed by atoms with Crippen LogP contribution in [0.2, 0.25) is 0 Å². The van der Waals surface area contributed by atoms with E-state index in [1.165, 1.54) is 23.1 Å². The van der Waals surface area contributed by atoms with Gasteiger partial charge >= 0.3 is 0 Å². The largest absolute Gasteiger partial charge is 0.268 e. The summed E-state index contributed by atoms with van der Waals surface area (Å²) in [5.74, 6) is 0. The quantitative estimate of drug-likeness (QED) is 0.564. The third-order valence-corrected chi connectivity index (χ3v) is 3.84. The average Bonchev–Trinajstić information content (AvgIpc) is 3.09. The predicted molar refractivity (Wildman–Crippen MR) is 96.2 cm³/mol. The van der Waals surface area contributed by atoms with Crippen LogP contribution in [-0.4, -0.2) is 9.78 Å². The lowest BCUT2D eigenvalue weighted by atomic mass is 10.1. The van der Waals surface area contributed by atoms with Gasteiger partial charge in [-0.15, -0.1) is 0 Å². The maximum atomic E-state index is 4.26. The van der Waals surface area contributed by atoms with E-state index in [9.17, 15) is 0 Å². The van der Waals surface area contributed by atoms with Crippen molar-refractivity contribution in [3.8, 4) is 0 Å². The normalized spacial score (nSPS) is 11.1. The summed E-state index contributed by atoms with van der Waals surface area (Å²) in [6.07, 6.45) is 11.7. The standard InChI is InChI=1S/C21H22N2/c1-3-9-19(10-4-1)11-5-2-6-12-20-13-7-14-21(17-20)18-23-16-8-15-22-23/h1,3-4,6-10,12-17H,2,5,11,18H2. The third-order valence-electron chi connectivity index (χ3n) is 3.84. The van der Waals surface area contributed by atoms with E-state index in [0.717, 1.165) is 19.4 Å². The van der Waals surface area contributed by atoms with Crippen molar-refractivity contribution in [2.75, 3.05) is 0 Å². The summed E-state index contributed by atoms with van der Waals surface area (Å²) in [7, 11) is 0. The zero-order valence-corrected chi connectivity index (χ0v) is 13.3. The highest BCUT2D eigenvalue weighted by Gasteiger charge is 1.96. The maximum absolute atomic E-state index is 4.26. The molecule has 0 amide bonds. The van der Waals surface area contributed by atoms with Crippen LogP contribution in [0.15, 0.2) is 79.1 Å². The van der Waals surface area contributed by atoms with E-state index >= 15 is 0 Å². The van der Waals surface area contributed by atoms with Gasteiger partial charge < -0.3 is 0 Å². The second-order valence-electron chi connectivity index (χ2n) is 5.73. The van der Waals surface area contributed by atoms with E-state index in [2.05, 4.69) is 71.8 Å². The Morgan fingerprint density at radius 3 is 2.61 bits per heavy atom. The summed E-state index contributed by atoms with van der Waals surface area (Å²) in [4.78, 5) is 0. The SMILES string of the molecule is C(=Cc1cccc(Cn2cccn2)c1)CCCc1ccccc1. The number of allylic oxidation sites excluding steroid dienone is 1. The van der Waals surface area contributed by atoms with Crippen LogP contribution in [0.5, 0.6) is 0 Å². The van der Waals surface area contributed by atoms with Crippen LogP contribution in [0.4, 0.5) is 0 Å². The van der Waals surface area contributed by atoms with Gasteiger partial charge in [0.2, 0.25) is 0 Å². The first kappa shape index (κ1) is 15.3. The molecular weight excluding hydrogens is 280 g/mol. The fourth-order valence-electron chi connectivity index (χ4n) is 2.66. The maximum Gasteiger partial charge on any atom is 0.0659 e. The first-order valence-electron chi connectivity index (χ1n) is 8.17. The molecule has 2 aromatic carbocycles. The first-order valence-corrected chi connectivity index (χ1v) is 8.17. The number of rotatable bonds is 7. The highest BCUT2D eigenvalue weighted by Crippen LogP contribution is 2.10. The first-order chi connectivity index (χ1) is 11.4. The Hall–Kier alpha value is -2.61. The number of unbranched alkanes of at least 4 members (excludes halogenated alkanes) is 1. The van der Waals surface area contributed by atoms with E-state index in [0.29, 0.717) is 0 Å². The Balaban J connectivity index is 1.49. The number of aromatic nitrogens is 2. The van der Waals surface area contributed by atoms with Gasteiger partial charge in [0, 0.05) is 12.4 Å². The molecule has 0 atom stereocenters. The third kappa shape index (κ3) is 4.96. The number of benzene rings is 2. The topological polar surface area (TPSA) is 17.8 Å². The molecule has 0 radical (unpaired) electrons. The van der Waals surface area contributed by atoms with Crippen molar-refractivity contribution < 1.29 is 0 Å². The number of nitrogens with zero attached hydrogens (tertiary/aromatic N) is 2. The summed E-state index contributed by atoms with van der Waals surface area (Å²) in [6.45, 7) is 0.822. The summed E-state index contributed by atoms with van der Waals surface area (Å²) >= 11 is 0. The summed E-state index contributed by atoms with van der Waals surface area (Å²) in [5, 5.41) is 4.26. The molecule has 1 aromatic heterocycles. The second-order valence-corrected chi connectivity index (χ2v) is 5.73. The fourth-order valence-corrected chi connectivity index (χ4v) is 2.66. The molecule has 1 heterocycles. The lowest BCUT2D eigenvalue weighted by molar-refractivity contribution is 0.687. The van der Waals surface area contributed by atoms with Gasteiger partial charge in [-0.25, -0.2) is 0 Å². The summed E-state index contributed by atoms with van der Waals surface area (Å²) in [6, 6.07) is 21.3. The van der Waals surface area contributed by atoms with Crippen LogP contribution >= 0.6 is 0 Å². The van der Waals surface area contributed by atoms with Crippen LogP contribution in [0.25, 0.3) is 6.08 Å². The Bertz CT molecular complexity index is 728. The van der Waals surface area contributed by atoms with Crippen molar-refractivity contribution >= 4 is 6.08 Å². The van der Waals surface area contributed by atoms with Gasteiger partial charge in [0.25, 0.3) is 0 Å². The number of hydrogen-bond acceptors (Lipinski definition) is 1. The van der Waals surface area contributed by atoms with Crippen molar-refractivity contribution in [2.45, 2.75) is 25.8 Å². The highest BCUT2D eigenvalue weighted by molar-refractivity contribution is 5.50. The molecule has 0 aliphatic rings. The number of hydrogen-bond donors (Lipinski definition) is 0. The Morgan fingerprint density at radius 2 is 1.78 bits per heavy atom. The molecule has 0 bridgehead atoms. The molecule has 0 saturated heterocycles. The molecular formula is C21H22N2. The monoisotopic (exact) mass is 302 g/mol. The van der Waals surface area contributed by atoms with Gasteiger partial charge in [0.15, 0.2) is 0 Å². The molecule has 23 heavy (non-hydrogen) atoms. The van der Waals surface area contributed by atoms with Gasteiger partial charge in [0.1, 0.15) is 0 Å². The van der Waals surface area contributed by atoms with Crippen molar-refractivity contribution in [1.82, 2.24) is 9.78 Å². The average molecular weight is 302 g/mol. The predicted octanol–water partition coefficient (Wildman–Crippen LogP) is 4.97. The molecule has 0 fully saturated rings. The van der Waals surface area contributed by atoms with Crippen molar-refractivity contribution in [3.63, 3.8) is 0 Å². The Labute approximate surface area is 138 Å². The fraction of sp³-hybridized carbons (Fsp3) is 0.190. The zero-order valence-electron chi connectivity index (χ0n) is 13.3. The van der Waals surface area contributed by atoms with E-state index in [-0.39, 0.29) is 0 Å². The summed E-state index contributed by atoms with van der Waals surface area (Å²) < 4.78 is 1.95. The Morgan fingerprint density at radius 1 is 0.913 bits per heavy atom. The minimum Gasteiger partial charge on any atom is -0.268 e. The van der Waals surface area contributed by atoms with Gasteiger partial charge in [0.05, 0.1) is 6.54 Å². The van der Waals surface area contributed by atoms with Gasteiger partial charge in [-0.05, 0) is 48.1 Å². The van der Waals surface area contributed by atoms with Crippen LogP contribution < -0.4 is 0 Å². The zero-order chi connectivity index (χ0) is 15.7. The number of aryl methyl sites for hydroxylation is 1. The van der Waals surface area contributed by atoms with Crippen molar-refractivity contribution in [3.05, 3.63) is 95.8 Å². The minimum atomic E-state index is 0.822. The smallest absolute Gasteiger partial charge is 0.0659 e. The molecule has 0 aliphatic carbocycles. The van der Waals surface area contributed by atoms with Gasteiger partial charge in [-0.1, -0.05) is 60.7 Å². The molecule has 3 aromatic rings. The molecule has 116 valence electrons. The van der Waals surface area contributed by atoms with Gasteiger partial charge in [-0.3, -0.25) is 4.68 Å².